The molecule has 0 rings (SSSR count). The molecule has 0 aromatic carbocycles. The second kappa shape index (κ2) is 18.9. The van der Waals surface area contributed by atoms with Crippen molar-refractivity contribution in [3.8, 4) is 0 Å². The van der Waals surface area contributed by atoms with Gasteiger partial charge < -0.3 is 19.5 Å². The van der Waals surface area contributed by atoms with E-state index in [-0.39, 0.29) is 6.09 Å². The minimum absolute atomic E-state index is 0.311. The smallest absolute Gasteiger partial charge is 0.409 e. The van der Waals surface area contributed by atoms with Gasteiger partial charge in [0.2, 0.25) is 0 Å². The third-order valence-corrected chi connectivity index (χ3v) is 6.04. The van der Waals surface area contributed by atoms with Crippen molar-refractivity contribution in [2.24, 2.45) is 0 Å². The molecule has 0 aromatic rings. The Labute approximate surface area is 186 Å². The first-order valence-corrected chi connectivity index (χ1v) is 12.5. The Kier molecular flexibility index (Phi) is 18.4. The second-order valence-corrected chi connectivity index (χ2v) is 9.03. The maximum atomic E-state index is 12.0. The van der Waals surface area contributed by atoms with Gasteiger partial charge in [-0.05, 0) is 19.8 Å². The summed E-state index contributed by atoms with van der Waals surface area (Å²) in [6, 6.07) is 0. The molecular weight excluding hydrogens is 378 g/mol. The first-order valence-electron chi connectivity index (χ1n) is 12.5. The number of aliphatic hydroxyl groups is 1. The minimum atomic E-state index is -0.781. The lowest BCUT2D eigenvalue weighted by atomic mass is 9.93. The number of amides is 1. The molecular formula is C25H51NO4. The molecule has 0 bridgehead atoms. The molecule has 5 heteroatoms. The van der Waals surface area contributed by atoms with Gasteiger partial charge in [-0.1, -0.05) is 97.3 Å². The van der Waals surface area contributed by atoms with Crippen LogP contribution in [-0.2, 0) is 9.47 Å². The van der Waals surface area contributed by atoms with E-state index in [9.17, 15) is 9.90 Å². The van der Waals surface area contributed by atoms with Crippen molar-refractivity contribution in [3.05, 3.63) is 0 Å². The molecule has 0 radical (unpaired) electrons. The molecule has 1 amide bonds. The average molecular weight is 430 g/mol. The first-order chi connectivity index (χ1) is 14.4. The van der Waals surface area contributed by atoms with E-state index in [1.165, 1.54) is 75.5 Å². The summed E-state index contributed by atoms with van der Waals surface area (Å²) in [7, 11) is 3.28. The first kappa shape index (κ1) is 29.2. The lowest BCUT2D eigenvalue weighted by Crippen LogP contribution is -2.51. The number of nitrogens with zero attached hydrogens (tertiary/aromatic N) is 1. The molecule has 0 fully saturated rings. The van der Waals surface area contributed by atoms with Gasteiger partial charge in [-0.25, -0.2) is 4.79 Å². The SMILES string of the molecule is CCCCCCCCCCCCCCCC(O)C(C)(CN(C)C(=O)OCCC)OC. The van der Waals surface area contributed by atoms with E-state index in [0.29, 0.717) is 19.6 Å². The highest BCUT2D eigenvalue weighted by Gasteiger charge is 2.35. The van der Waals surface area contributed by atoms with Gasteiger partial charge in [0.05, 0.1) is 19.3 Å². The molecule has 0 aromatic heterocycles. The van der Waals surface area contributed by atoms with E-state index >= 15 is 0 Å². The summed E-state index contributed by atoms with van der Waals surface area (Å²) in [5, 5.41) is 10.6. The number of methoxy groups -OCH3 is 1. The third kappa shape index (κ3) is 14.2. The van der Waals surface area contributed by atoms with E-state index in [2.05, 4.69) is 6.92 Å². The Morgan fingerprint density at radius 3 is 1.77 bits per heavy atom. The van der Waals surface area contributed by atoms with Crippen LogP contribution in [0.5, 0.6) is 0 Å². The van der Waals surface area contributed by atoms with Crippen LogP contribution in [0.25, 0.3) is 0 Å². The fraction of sp³-hybridized carbons (Fsp3) is 0.960. The molecule has 0 saturated carbocycles. The molecule has 0 heterocycles. The lowest BCUT2D eigenvalue weighted by Gasteiger charge is -2.36. The zero-order valence-corrected chi connectivity index (χ0v) is 20.7. The standard InChI is InChI=1S/C25H51NO4/c1-6-8-9-10-11-12-13-14-15-16-17-18-19-20-23(27)25(3,29-5)22-26(4)24(28)30-21-7-2/h23,27H,6-22H2,1-5H3. The van der Waals surface area contributed by atoms with E-state index in [0.717, 1.165) is 19.3 Å². The number of unbranched alkanes of at least 4 members (excludes halogenated alkanes) is 12. The minimum Gasteiger partial charge on any atom is -0.449 e. The van der Waals surface area contributed by atoms with Crippen LogP contribution in [0.3, 0.4) is 0 Å². The molecule has 0 spiro atoms. The largest absolute Gasteiger partial charge is 0.449 e. The number of ether oxygens (including phenoxy) is 2. The molecule has 1 N–H and O–H groups in total. The van der Waals surface area contributed by atoms with E-state index in [4.69, 9.17) is 9.47 Å². The van der Waals surface area contributed by atoms with Gasteiger partial charge in [0, 0.05) is 14.2 Å². The predicted octanol–water partition coefficient (Wildman–Crippen LogP) is 6.71. The maximum Gasteiger partial charge on any atom is 0.409 e. The zero-order chi connectivity index (χ0) is 22.7. The zero-order valence-electron chi connectivity index (χ0n) is 20.7. The van der Waals surface area contributed by atoms with Gasteiger partial charge in [0.25, 0.3) is 0 Å². The fourth-order valence-electron chi connectivity index (χ4n) is 3.80. The molecule has 0 saturated heterocycles. The van der Waals surface area contributed by atoms with E-state index in [1.807, 2.05) is 13.8 Å². The van der Waals surface area contributed by atoms with Crippen molar-refractivity contribution in [2.75, 3.05) is 27.3 Å². The summed E-state index contributed by atoms with van der Waals surface area (Å²) in [4.78, 5) is 13.5. The van der Waals surface area contributed by atoms with Crippen molar-refractivity contribution in [1.29, 1.82) is 0 Å². The van der Waals surface area contributed by atoms with Crippen molar-refractivity contribution >= 4 is 6.09 Å². The summed E-state index contributed by atoms with van der Waals surface area (Å²) < 4.78 is 10.7. The van der Waals surface area contributed by atoms with Crippen LogP contribution >= 0.6 is 0 Å². The molecule has 0 aliphatic rings. The van der Waals surface area contributed by atoms with Crippen LogP contribution in [0.1, 0.15) is 117 Å². The van der Waals surface area contributed by atoms with E-state index < -0.39 is 11.7 Å². The molecule has 180 valence electrons. The maximum absolute atomic E-state index is 12.0. The molecule has 5 nitrogen and oxygen atoms in total. The quantitative estimate of drug-likeness (QED) is 0.218. The van der Waals surface area contributed by atoms with Gasteiger partial charge in [-0.15, -0.1) is 0 Å². The highest BCUT2D eigenvalue weighted by molar-refractivity contribution is 5.67. The van der Waals surface area contributed by atoms with Gasteiger partial charge in [0.15, 0.2) is 0 Å². The second-order valence-electron chi connectivity index (χ2n) is 9.03. The number of hydrogen-bond donors (Lipinski definition) is 1. The highest BCUT2D eigenvalue weighted by atomic mass is 16.6. The topological polar surface area (TPSA) is 59.0 Å². The summed E-state index contributed by atoms with van der Waals surface area (Å²) in [6.45, 7) is 6.82. The van der Waals surface area contributed by atoms with Crippen molar-refractivity contribution in [3.63, 3.8) is 0 Å². The number of carbonyl (C=O) groups is 1. The highest BCUT2D eigenvalue weighted by Crippen LogP contribution is 2.22. The normalized spacial score (nSPS) is 14.3. The summed E-state index contributed by atoms with van der Waals surface area (Å²) >= 11 is 0. The third-order valence-electron chi connectivity index (χ3n) is 6.04. The molecule has 2 atom stereocenters. The van der Waals surface area contributed by atoms with Gasteiger partial charge in [-0.3, -0.25) is 0 Å². The van der Waals surface area contributed by atoms with E-state index in [1.54, 1.807) is 14.2 Å². The van der Waals surface area contributed by atoms with Crippen LogP contribution in [-0.4, -0.2) is 55.1 Å². The predicted molar refractivity (Wildman–Crippen MR) is 126 cm³/mol. The lowest BCUT2D eigenvalue weighted by molar-refractivity contribution is -0.104. The fourth-order valence-corrected chi connectivity index (χ4v) is 3.80. The summed E-state index contributed by atoms with van der Waals surface area (Å²) in [5.74, 6) is 0. The Morgan fingerprint density at radius 2 is 1.33 bits per heavy atom. The Hall–Kier alpha value is -0.810. The van der Waals surface area contributed by atoms with Crippen LogP contribution in [0.4, 0.5) is 4.79 Å². The Balaban J connectivity index is 3.84. The number of hydrogen-bond acceptors (Lipinski definition) is 4. The van der Waals surface area contributed by atoms with Crippen molar-refractivity contribution < 1.29 is 19.4 Å². The number of likely N-dealkylation sites (N-methyl/N-ethyl adjacent to an activating group) is 1. The van der Waals surface area contributed by atoms with Gasteiger partial charge >= 0.3 is 6.09 Å². The molecule has 0 aliphatic heterocycles. The number of rotatable bonds is 20. The summed E-state index contributed by atoms with van der Waals surface area (Å²) in [5.41, 5.74) is -0.781. The van der Waals surface area contributed by atoms with Gasteiger partial charge in [0.1, 0.15) is 5.60 Å². The molecule has 2 unspecified atom stereocenters. The van der Waals surface area contributed by atoms with Crippen molar-refractivity contribution in [1.82, 2.24) is 4.90 Å². The Bertz CT molecular complexity index is 405. The monoisotopic (exact) mass is 429 g/mol. The van der Waals surface area contributed by atoms with Crippen LogP contribution < -0.4 is 0 Å². The molecule has 0 aliphatic carbocycles. The molecule has 30 heavy (non-hydrogen) atoms. The Morgan fingerprint density at radius 1 is 0.867 bits per heavy atom. The number of carbonyl (C=O) groups excluding carboxylic acids is 1. The van der Waals surface area contributed by atoms with Gasteiger partial charge in [-0.2, -0.15) is 0 Å². The van der Waals surface area contributed by atoms with Crippen molar-refractivity contribution in [2.45, 2.75) is 129 Å². The number of aliphatic hydroxyl groups excluding tert-OH is 1. The van der Waals surface area contributed by atoms with Crippen LogP contribution in [0.15, 0.2) is 0 Å². The average Bonchev–Trinajstić information content (AvgIpc) is 2.74. The summed E-state index contributed by atoms with van der Waals surface area (Å²) in [6.07, 6.45) is 17.6. The van der Waals surface area contributed by atoms with Crippen LogP contribution in [0, 0.1) is 0 Å². The van der Waals surface area contributed by atoms with Crippen LogP contribution in [0.2, 0.25) is 0 Å².